The van der Waals surface area contributed by atoms with Crippen LogP contribution in [0, 0.1) is 11.8 Å². The van der Waals surface area contributed by atoms with E-state index in [1.165, 1.54) is 0 Å². The topological polar surface area (TPSA) is 24.3 Å². The van der Waals surface area contributed by atoms with Gasteiger partial charge in [-0.3, -0.25) is 4.90 Å². The number of halogens is 1. The maximum absolute atomic E-state index is 4.41. The number of hydrogen-bond donors (Lipinski definition) is 0. The molecule has 1 aliphatic rings. The van der Waals surface area contributed by atoms with Gasteiger partial charge >= 0.3 is 0 Å². The highest BCUT2D eigenvalue weighted by atomic mass is 35.5. The number of benzene rings is 1. The van der Waals surface area contributed by atoms with Crippen molar-refractivity contribution >= 4 is 18.4 Å². The molecule has 4 nitrogen and oxygen atoms in total. The summed E-state index contributed by atoms with van der Waals surface area (Å²) in [5, 5.41) is 0. The fraction of sp³-hybridized carbons (Fsp3) is 0.353. The third-order valence-corrected chi connectivity index (χ3v) is 3.76. The quantitative estimate of drug-likeness (QED) is 0.792. The molecular weight excluding hydrogens is 296 g/mol. The highest BCUT2D eigenvalue weighted by Crippen LogP contribution is 2.12. The molecule has 0 saturated carbocycles. The van der Waals surface area contributed by atoms with Gasteiger partial charge in [-0.05, 0) is 12.1 Å². The molecule has 0 atom stereocenters. The number of aromatic nitrogens is 2. The first-order valence-electron chi connectivity index (χ1n) is 7.31. The minimum Gasteiger partial charge on any atom is -0.340 e. The molecule has 1 aliphatic heterocycles. The Balaban J connectivity index is 0.00000176. The maximum atomic E-state index is 4.41. The summed E-state index contributed by atoms with van der Waals surface area (Å²) < 4.78 is 2.07. The van der Waals surface area contributed by atoms with Gasteiger partial charge < -0.3 is 9.47 Å². The molecule has 22 heavy (non-hydrogen) atoms. The van der Waals surface area contributed by atoms with Gasteiger partial charge in [-0.15, -0.1) is 12.4 Å². The van der Waals surface area contributed by atoms with Gasteiger partial charge in [-0.1, -0.05) is 30.0 Å². The second-order valence-corrected chi connectivity index (χ2v) is 5.27. The summed E-state index contributed by atoms with van der Waals surface area (Å²) >= 11 is 0. The van der Waals surface area contributed by atoms with Crippen molar-refractivity contribution < 1.29 is 0 Å². The van der Waals surface area contributed by atoms with Gasteiger partial charge in [0.2, 0.25) is 5.95 Å². The van der Waals surface area contributed by atoms with Gasteiger partial charge in [0.25, 0.3) is 0 Å². The lowest BCUT2D eigenvalue weighted by atomic mass is 10.2. The molecular formula is C17H21ClN4. The van der Waals surface area contributed by atoms with Crippen molar-refractivity contribution in [2.24, 2.45) is 7.05 Å². The standard InChI is InChI=1S/C17H20N4.ClH/c1-19-11-9-18-17(19)21-14-12-20(13-15-21)10-5-8-16-6-3-2-4-7-16;/h2-4,6-7,9,11H,10,12-15H2,1H3;1H. The molecule has 0 amide bonds. The summed E-state index contributed by atoms with van der Waals surface area (Å²) in [5.41, 5.74) is 1.09. The predicted octanol–water partition coefficient (Wildman–Crippen LogP) is 2.02. The molecule has 0 radical (unpaired) electrons. The van der Waals surface area contributed by atoms with Gasteiger partial charge in [0.15, 0.2) is 0 Å². The lowest BCUT2D eigenvalue weighted by molar-refractivity contribution is 0.286. The van der Waals surface area contributed by atoms with E-state index in [1.54, 1.807) is 0 Å². The molecule has 1 aromatic carbocycles. The van der Waals surface area contributed by atoms with Crippen molar-refractivity contribution in [2.75, 3.05) is 37.6 Å². The van der Waals surface area contributed by atoms with E-state index in [0.717, 1.165) is 44.2 Å². The van der Waals surface area contributed by atoms with E-state index in [9.17, 15) is 0 Å². The van der Waals surface area contributed by atoms with E-state index in [0.29, 0.717) is 0 Å². The second-order valence-electron chi connectivity index (χ2n) is 5.27. The SMILES string of the molecule is Cl.Cn1ccnc1N1CCN(CC#Cc2ccccc2)CC1. The first-order valence-corrected chi connectivity index (χ1v) is 7.31. The van der Waals surface area contributed by atoms with E-state index in [2.05, 4.69) is 31.2 Å². The normalized spacial score (nSPS) is 14.9. The van der Waals surface area contributed by atoms with Crippen molar-refractivity contribution in [1.29, 1.82) is 0 Å². The molecule has 0 unspecified atom stereocenters. The average molecular weight is 317 g/mol. The molecule has 0 N–H and O–H groups in total. The van der Waals surface area contributed by atoms with Crippen LogP contribution in [0.2, 0.25) is 0 Å². The number of rotatable bonds is 2. The average Bonchev–Trinajstić information content (AvgIpc) is 2.95. The Hall–Kier alpha value is -1.96. The predicted molar refractivity (Wildman–Crippen MR) is 92.4 cm³/mol. The van der Waals surface area contributed by atoms with E-state index < -0.39 is 0 Å². The van der Waals surface area contributed by atoms with E-state index in [1.807, 2.05) is 49.8 Å². The zero-order valence-corrected chi connectivity index (χ0v) is 13.6. The van der Waals surface area contributed by atoms with Gasteiger partial charge in [0.05, 0.1) is 6.54 Å². The van der Waals surface area contributed by atoms with E-state index in [-0.39, 0.29) is 12.4 Å². The molecule has 0 aliphatic carbocycles. The fourth-order valence-corrected chi connectivity index (χ4v) is 2.54. The van der Waals surface area contributed by atoms with Gasteiger partial charge in [0.1, 0.15) is 0 Å². The molecule has 116 valence electrons. The van der Waals surface area contributed by atoms with Gasteiger partial charge in [-0.2, -0.15) is 0 Å². The summed E-state index contributed by atoms with van der Waals surface area (Å²) in [6, 6.07) is 10.2. The van der Waals surface area contributed by atoms with Crippen molar-refractivity contribution in [3.63, 3.8) is 0 Å². The summed E-state index contributed by atoms with van der Waals surface area (Å²) in [5.74, 6) is 7.55. The first kappa shape index (κ1) is 16.4. The molecule has 5 heteroatoms. The lowest BCUT2D eigenvalue weighted by Gasteiger charge is -2.34. The van der Waals surface area contributed by atoms with Crippen molar-refractivity contribution in [3.05, 3.63) is 48.3 Å². The Morgan fingerprint density at radius 1 is 1.09 bits per heavy atom. The van der Waals surface area contributed by atoms with Crippen molar-refractivity contribution in [1.82, 2.24) is 14.5 Å². The monoisotopic (exact) mass is 316 g/mol. The number of imidazole rings is 1. The highest BCUT2D eigenvalue weighted by molar-refractivity contribution is 5.85. The minimum atomic E-state index is 0. The molecule has 1 aromatic heterocycles. The molecule has 0 spiro atoms. The van der Waals surface area contributed by atoms with Crippen LogP contribution in [0.4, 0.5) is 5.95 Å². The summed E-state index contributed by atoms with van der Waals surface area (Å²) in [6.45, 7) is 4.94. The Bertz CT molecular complexity index is 633. The van der Waals surface area contributed by atoms with Gasteiger partial charge in [0, 0.05) is 51.2 Å². The number of hydrogen-bond acceptors (Lipinski definition) is 3. The molecule has 1 saturated heterocycles. The first-order chi connectivity index (χ1) is 10.3. The zero-order chi connectivity index (χ0) is 14.5. The molecule has 3 rings (SSSR count). The van der Waals surface area contributed by atoms with Crippen LogP contribution in [-0.4, -0.2) is 47.2 Å². The molecule has 1 fully saturated rings. The van der Waals surface area contributed by atoms with Crippen LogP contribution < -0.4 is 4.90 Å². The Morgan fingerprint density at radius 2 is 1.82 bits per heavy atom. The van der Waals surface area contributed by atoms with Crippen LogP contribution >= 0.6 is 12.4 Å². The zero-order valence-electron chi connectivity index (χ0n) is 12.8. The van der Waals surface area contributed by atoms with Crippen molar-refractivity contribution in [3.8, 4) is 11.8 Å². The number of anilines is 1. The van der Waals surface area contributed by atoms with Crippen molar-refractivity contribution in [2.45, 2.75) is 0 Å². The minimum absolute atomic E-state index is 0. The Morgan fingerprint density at radius 3 is 2.45 bits per heavy atom. The number of nitrogens with zero attached hydrogens (tertiary/aromatic N) is 4. The van der Waals surface area contributed by atoms with E-state index >= 15 is 0 Å². The van der Waals surface area contributed by atoms with Gasteiger partial charge in [-0.25, -0.2) is 4.98 Å². The van der Waals surface area contributed by atoms with Crippen LogP contribution in [0.15, 0.2) is 42.7 Å². The molecule has 0 bridgehead atoms. The summed E-state index contributed by atoms with van der Waals surface area (Å²) in [6.07, 6.45) is 3.85. The molecule has 2 aromatic rings. The van der Waals surface area contributed by atoms with E-state index in [4.69, 9.17) is 0 Å². The lowest BCUT2D eigenvalue weighted by Crippen LogP contribution is -2.47. The van der Waals surface area contributed by atoms with Crippen LogP contribution in [0.3, 0.4) is 0 Å². The third-order valence-electron chi connectivity index (χ3n) is 3.76. The Kier molecular flexibility index (Phi) is 5.88. The number of piperazine rings is 1. The number of aryl methyl sites for hydroxylation is 1. The van der Waals surface area contributed by atoms with Crippen LogP contribution in [-0.2, 0) is 7.05 Å². The second kappa shape index (κ2) is 7.88. The molecule has 2 heterocycles. The smallest absolute Gasteiger partial charge is 0.205 e. The third kappa shape index (κ3) is 4.03. The Labute approximate surface area is 138 Å². The maximum Gasteiger partial charge on any atom is 0.205 e. The van der Waals surface area contributed by atoms with Crippen LogP contribution in [0.25, 0.3) is 0 Å². The largest absolute Gasteiger partial charge is 0.340 e. The fourth-order valence-electron chi connectivity index (χ4n) is 2.54. The van der Waals surface area contributed by atoms with Crippen LogP contribution in [0.5, 0.6) is 0 Å². The van der Waals surface area contributed by atoms with Crippen LogP contribution in [0.1, 0.15) is 5.56 Å². The highest BCUT2D eigenvalue weighted by Gasteiger charge is 2.18. The summed E-state index contributed by atoms with van der Waals surface area (Å²) in [7, 11) is 2.04. The summed E-state index contributed by atoms with van der Waals surface area (Å²) in [4.78, 5) is 9.14.